The number of rotatable bonds is 4. The number of hydrogen-bond acceptors (Lipinski definition) is 5. The van der Waals surface area contributed by atoms with Gasteiger partial charge in [-0.15, -0.1) is 0 Å². The van der Waals surface area contributed by atoms with E-state index in [9.17, 15) is 0 Å². The van der Waals surface area contributed by atoms with E-state index in [-0.39, 0.29) is 6.04 Å². The van der Waals surface area contributed by atoms with Gasteiger partial charge in [0.25, 0.3) is 0 Å². The zero-order valence-electron chi connectivity index (χ0n) is 10.9. The number of nitrogens with one attached hydrogen (secondary N) is 1. The topological polar surface area (TPSA) is 60.2 Å². The molecule has 0 bridgehead atoms. The third-order valence-corrected chi connectivity index (χ3v) is 3.39. The molecule has 1 aromatic carbocycles. The van der Waals surface area contributed by atoms with Crippen LogP contribution < -0.4 is 5.32 Å². The second kappa shape index (κ2) is 5.50. The summed E-state index contributed by atoms with van der Waals surface area (Å²) in [4.78, 5) is 4.42. The predicted octanol–water partition coefficient (Wildman–Crippen LogP) is 1.65. The lowest BCUT2D eigenvalue weighted by molar-refractivity contribution is 0.199. The van der Waals surface area contributed by atoms with Gasteiger partial charge in [-0.3, -0.25) is 0 Å². The van der Waals surface area contributed by atoms with Gasteiger partial charge in [-0.25, -0.2) is 0 Å². The Hall–Kier alpha value is -1.72. The molecule has 0 spiro atoms. The van der Waals surface area contributed by atoms with E-state index in [2.05, 4.69) is 39.7 Å². The van der Waals surface area contributed by atoms with Crippen LogP contribution in [-0.4, -0.2) is 23.9 Å². The molecule has 0 aliphatic carbocycles. The second-order valence-electron chi connectivity index (χ2n) is 4.70. The van der Waals surface area contributed by atoms with Gasteiger partial charge in [0.05, 0.1) is 12.6 Å². The molecule has 2 aromatic rings. The van der Waals surface area contributed by atoms with Crippen LogP contribution in [0.5, 0.6) is 0 Å². The first-order chi connectivity index (χ1) is 9.36. The van der Waals surface area contributed by atoms with Crippen molar-refractivity contribution in [3.63, 3.8) is 0 Å². The van der Waals surface area contributed by atoms with Crippen molar-refractivity contribution in [3.8, 4) is 0 Å². The van der Waals surface area contributed by atoms with Gasteiger partial charge in [-0.2, -0.15) is 4.98 Å². The van der Waals surface area contributed by atoms with Gasteiger partial charge in [-0.05, 0) is 17.5 Å². The minimum absolute atomic E-state index is 0.110. The number of benzene rings is 1. The highest BCUT2D eigenvalue weighted by atomic mass is 16.5. The lowest BCUT2D eigenvalue weighted by atomic mass is 9.96. The third kappa shape index (κ3) is 2.67. The summed E-state index contributed by atoms with van der Waals surface area (Å²) in [6.45, 7) is 1.45. The zero-order valence-corrected chi connectivity index (χ0v) is 10.9. The van der Waals surface area contributed by atoms with E-state index in [4.69, 9.17) is 9.26 Å². The summed E-state index contributed by atoms with van der Waals surface area (Å²) in [5, 5.41) is 7.41. The molecular weight excluding hydrogens is 242 g/mol. The third-order valence-electron chi connectivity index (χ3n) is 3.39. The maximum Gasteiger partial charge on any atom is 0.244 e. The van der Waals surface area contributed by atoms with Gasteiger partial charge in [0, 0.05) is 20.1 Å². The van der Waals surface area contributed by atoms with E-state index in [1.807, 2.05) is 0 Å². The Morgan fingerprint density at radius 2 is 2.21 bits per heavy atom. The molecule has 100 valence electrons. The van der Waals surface area contributed by atoms with Crippen LogP contribution in [0.1, 0.15) is 28.9 Å². The molecule has 5 heteroatoms. The first-order valence-corrected chi connectivity index (χ1v) is 6.48. The van der Waals surface area contributed by atoms with Crippen LogP contribution >= 0.6 is 0 Å². The van der Waals surface area contributed by atoms with Crippen LogP contribution in [0, 0.1) is 0 Å². The number of nitrogens with zero attached hydrogens (tertiary/aromatic N) is 2. The van der Waals surface area contributed by atoms with Gasteiger partial charge >= 0.3 is 0 Å². The van der Waals surface area contributed by atoms with Crippen molar-refractivity contribution in [1.29, 1.82) is 0 Å². The Labute approximate surface area is 112 Å². The van der Waals surface area contributed by atoms with Crippen molar-refractivity contribution in [2.75, 3.05) is 13.7 Å². The van der Waals surface area contributed by atoms with E-state index in [1.54, 1.807) is 7.11 Å². The van der Waals surface area contributed by atoms with Crippen molar-refractivity contribution in [3.05, 3.63) is 47.1 Å². The van der Waals surface area contributed by atoms with Gasteiger partial charge in [0.1, 0.15) is 0 Å². The zero-order chi connectivity index (χ0) is 13.1. The van der Waals surface area contributed by atoms with Gasteiger partial charge in [0.15, 0.2) is 5.82 Å². The Morgan fingerprint density at radius 3 is 3.05 bits per heavy atom. The predicted molar refractivity (Wildman–Crippen MR) is 69.6 cm³/mol. The van der Waals surface area contributed by atoms with E-state index in [1.165, 1.54) is 11.1 Å². The van der Waals surface area contributed by atoms with Crippen LogP contribution in [0.2, 0.25) is 0 Å². The number of fused-ring (bicyclic) bond motifs is 1. The molecule has 1 N–H and O–H groups in total. The molecule has 0 radical (unpaired) electrons. The van der Waals surface area contributed by atoms with E-state index >= 15 is 0 Å². The van der Waals surface area contributed by atoms with Gasteiger partial charge in [0.2, 0.25) is 5.89 Å². The van der Waals surface area contributed by atoms with Crippen molar-refractivity contribution < 1.29 is 9.26 Å². The fraction of sp³-hybridized carbons (Fsp3) is 0.429. The molecule has 1 atom stereocenters. The van der Waals surface area contributed by atoms with Crippen LogP contribution in [0.3, 0.4) is 0 Å². The van der Waals surface area contributed by atoms with E-state index in [0.29, 0.717) is 24.7 Å². The van der Waals surface area contributed by atoms with Gasteiger partial charge < -0.3 is 14.6 Å². The normalized spacial score (nSPS) is 18.3. The molecular formula is C14H17N3O2. The summed E-state index contributed by atoms with van der Waals surface area (Å²) in [6, 6.07) is 8.55. The molecule has 0 fully saturated rings. The molecule has 1 aromatic heterocycles. The largest absolute Gasteiger partial charge is 0.384 e. The van der Waals surface area contributed by atoms with Crippen LogP contribution in [0.4, 0.5) is 0 Å². The minimum atomic E-state index is 0.110. The molecule has 5 nitrogen and oxygen atoms in total. The summed E-state index contributed by atoms with van der Waals surface area (Å²) >= 11 is 0. The first-order valence-electron chi connectivity index (χ1n) is 6.48. The highest BCUT2D eigenvalue weighted by Gasteiger charge is 2.23. The number of methoxy groups -OCH3 is 1. The summed E-state index contributed by atoms with van der Waals surface area (Å²) < 4.78 is 10.3. The highest BCUT2D eigenvalue weighted by molar-refractivity contribution is 5.30. The molecule has 19 heavy (non-hydrogen) atoms. The first kappa shape index (κ1) is 12.3. The SMILES string of the molecule is COCCc1noc([C@@H]2Cc3ccccc3CN2)n1. The van der Waals surface area contributed by atoms with Crippen LogP contribution in [0.25, 0.3) is 0 Å². The van der Waals surface area contributed by atoms with Crippen molar-refractivity contribution in [2.24, 2.45) is 0 Å². The highest BCUT2D eigenvalue weighted by Crippen LogP contribution is 2.24. The molecule has 0 saturated heterocycles. The molecule has 3 rings (SSSR count). The summed E-state index contributed by atoms with van der Waals surface area (Å²) in [7, 11) is 1.67. The quantitative estimate of drug-likeness (QED) is 0.904. The Morgan fingerprint density at radius 1 is 1.37 bits per heavy atom. The molecule has 2 heterocycles. The summed E-state index contributed by atoms with van der Waals surface area (Å²) in [5.41, 5.74) is 2.70. The lowest BCUT2D eigenvalue weighted by Crippen LogP contribution is -2.28. The average molecular weight is 259 g/mol. The van der Waals surface area contributed by atoms with Crippen molar-refractivity contribution in [1.82, 2.24) is 15.5 Å². The fourth-order valence-corrected chi connectivity index (χ4v) is 2.33. The minimum Gasteiger partial charge on any atom is -0.384 e. The monoisotopic (exact) mass is 259 g/mol. The maximum atomic E-state index is 5.34. The molecule has 0 amide bonds. The fourth-order valence-electron chi connectivity index (χ4n) is 2.33. The smallest absolute Gasteiger partial charge is 0.244 e. The summed E-state index contributed by atoms with van der Waals surface area (Å²) in [5.74, 6) is 1.37. The molecule has 1 aliphatic heterocycles. The Balaban J connectivity index is 1.72. The average Bonchev–Trinajstić information content (AvgIpc) is 2.93. The number of hydrogen-bond donors (Lipinski definition) is 1. The Kier molecular flexibility index (Phi) is 3.57. The number of aromatic nitrogens is 2. The number of ether oxygens (including phenoxy) is 1. The van der Waals surface area contributed by atoms with E-state index in [0.717, 1.165) is 13.0 Å². The van der Waals surface area contributed by atoms with Crippen LogP contribution in [-0.2, 0) is 24.1 Å². The van der Waals surface area contributed by atoms with Crippen LogP contribution in [0.15, 0.2) is 28.8 Å². The van der Waals surface area contributed by atoms with Crippen molar-refractivity contribution in [2.45, 2.75) is 25.4 Å². The van der Waals surface area contributed by atoms with Crippen molar-refractivity contribution >= 4 is 0 Å². The standard InChI is InChI=1S/C14H17N3O2/c1-18-7-6-13-16-14(19-17-13)12-8-10-4-2-3-5-11(10)9-15-12/h2-5,12,15H,6-9H2,1H3/t12-/m0/s1. The Bertz CT molecular complexity index is 553. The van der Waals surface area contributed by atoms with E-state index < -0.39 is 0 Å². The molecule has 0 saturated carbocycles. The van der Waals surface area contributed by atoms with Gasteiger partial charge in [-0.1, -0.05) is 29.4 Å². The lowest BCUT2D eigenvalue weighted by Gasteiger charge is -2.23. The molecule has 0 unspecified atom stereocenters. The molecule has 1 aliphatic rings. The second-order valence-corrected chi connectivity index (χ2v) is 4.70. The summed E-state index contributed by atoms with van der Waals surface area (Å²) in [6.07, 6.45) is 1.57. The maximum absolute atomic E-state index is 5.34.